The molecule has 0 saturated heterocycles. The van der Waals surface area contributed by atoms with Gasteiger partial charge in [0.15, 0.2) is 5.65 Å². The molecule has 0 aliphatic carbocycles. The van der Waals surface area contributed by atoms with Crippen molar-refractivity contribution in [3.63, 3.8) is 0 Å². The number of benzene rings is 1. The molecule has 6 heteroatoms. The molecule has 3 rings (SSSR count). The highest BCUT2D eigenvalue weighted by Crippen LogP contribution is 2.37. The third kappa shape index (κ3) is 3.55. The molecule has 1 aromatic carbocycles. The van der Waals surface area contributed by atoms with E-state index in [0.29, 0.717) is 5.88 Å². The molecule has 0 spiro atoms. The molecule has 0 unspecified atom stereocenters. The molecule has 0 amide bonds. The quantitative estimate of drug-likeness (QED) is 0.658. The summed E-state index contributed by atoms with van der Waals surface area (Å²) in [5.74, 6) is 0.618. The van der Waals surface area contributed by atoms with E-state index in [1.165, 1.54) is 0 Å². The number of methoxy groups -OCH3 is 1. The van der Waals surface area contributed by atoms with E-state index < -0.39 is 0 Å². The molecule has 0 aliphatic rings. The predicted molar refractivity (Wildman–Crippen MR) is 97.0 cm³/mol. The molecule has 0 bridgehead atoms. The van der Waals surface area contributed by atoms with Crippen LogP contribution < -0.4 is 4.74 Å². The first-order chi connectivity index (χ1) is 11.7. The van der Waals surface area contributed by atoms with Crippen molar-refractivity contribution in [2.45, 2.75) is 23.1 Å². The van der Waals surface area contributed by atoms with E-state index in [1.54, 1.807) is 18.9 Å². The molecule has 5 nitrogen and oxygen atoms in total. The van der Waals surface area contributed by atoms with Crippen LogP contribution in [0.5, 0.6) is 5.88 Å². The lowest BCUT2D eigenvalue weighted by molar-refractivity contribution is 0.354. The van der Waals surface area contributed by atoms with Gasteiger partial charge in [0.25, 0.3) is 0 Å². The average Bonchev–Trinajstić information content (AvgIpc) is 2.98. The Morgan fingerprint density at radius 3 is 2.71 bits per heavy atom. The summed E-state index contributed by atoms with van der Waals surface area (Å²) in [6, 6.07) is 12.2. The van der Waals surface area contributed by atoms with Crippen LogP contribution in [-0.4, -0.2) is 46.7 Å². The second-order valence-corrected chi connectivity index (χ2v) is 6.65. The van der Waals surface area contributed by atoms with Crippen molar-refractivity contribution in [2.24, 2.45) is 0 Å². The summed E-state index contributed by atoms with van der Waals surface area (Å²) in [6.07, 6.45) is 2.77. The summed E-state index contributed by atoms with van der Waals surface area (Å²) in [6.45, 7) is 4.18. The van der Waals surface area contributed by atoms with Crippen LogP contribution in [0.15, 0.2) is 52.4 Å². The third-order valence-corrected chi connectivity index (χ3v) is 5.04. The van der Waals surface area contributed by atoms with Gasteiger partial charge in [0.1, 0.15) is 4.90 Å². The molecular weight excluding hydrogens is 320 g/mol. The largest absolute Gasteiger partial charge is 0.479 e. The molecule has 0 atom stereocenters. The Bertz CT molecular complexity index is 803. The molecule has 0 fully saturated rings. The number of hydrogen-bond acceptors (Lipinski definition) is 5. The Labute approximate surface area is 146 Å². The zero-order chi connectivity index (χ0) is 16.9. The van der Waals surface area contributed by atoms with Crippen LogP contribution in [0.25, 0.3) is 5.65 Å². The first kappa shape index (κ1) is 16.8. The van der Waals surface area contributed by atoms with E-state index in [4.69, 9.17) is 4.74 Å². The third-order valence-electron chi connectivity index (χ3n) is 3.97. The van der Waals surface area contributed by atoms with Crippen LogP contribution in [0.3, 0.4) is 0 Å². The minimum atomic E-state index is 0.618. The van der Waals surface area contributed by atoms with Gasteiger partial charge in [-0.1, -0.05) is 36.9 Å². The lowest BCUT2D eigenvalue weighted by Gasteiger charge is -2.13. The summed E-state index contributed by atoms with van der Waals surface area (Å²) < 4.78 is 7.41. The van der Waals surface area contributed by atoms with Gasteiger partial charge in [-0.15, -0.1) is 5.10 Å². The number of likely N-dealkylation sites (N-methyl/N-ethyl adjacent to an activating group) is 1. The van der Waals surface area contributed by atoms with Gasteiger partial charge in [0.05, 0.1) is 7.11 Å². The summed E-state index contributed by atoms with van der Waals surface area (Å²) in [4.78, 5) is 8.92. The molecular formula is C18H22N4OS. The first-order valence-corrected chi connectivity index (χ1v) is 8.86. The monoisotopic (exact) mass is 342 g/mol. The van der Waals surface area contributed by atoms with Crippen molar-refractivity contribution in [1.29, 1.82) is 0 Å². The molecule has 0 N–H and O–H groups in total. The van der Waals surface area contributed by atoms with Gasteiger partial charge in [-0.2, -0.15) is 0 Å². The Morgan fingerprint density at radius 1 is 1.21 bits per heavy atom. The molecule has 0 radical (unpaired) electrons. The molecule has 0 saturated carbocycles. The van der Waals surface area contributed by atoms with E-state index in [2.05, 4.69) is 41.1 Å². The average molecular weight is 342 g/mol. The van der Waals surface area contributed by atoms with Crippen LogP contribution in [0.2, 0.25) is 0 Å². The fourth-order valence-electron chi connectivity index (χ4n) is 2.44. The summed E-state index contributed by atoms with van der Waals surface area (Å²) in [7, 11) is 3.78. The number of hydrogen-bond donors (Lipinski definition) is 0. The highest BCUT2D eigenvalue weighted by atomic mass is 32.2. The number of rotatable bonds is 7. The SMILES string of the molecule is CCN(C)CCc1ccnc2c(Sc3ccccc3)c(OC)nn12. The van der Waals surface area contributed by atoms with E-state index in [-0.39, 0.29) is 0 Å². The van der Waals surface area contributed by atoms with Gasteiger partial charge in [-0.25, -0.2) is 9.50 Å². The van der Waals surface area contributed by atoms with Crippen molar-refractivity contribution >= 4 is 17.4 Å². The second kappa shape index (κ2) is 7.68. The molecule has 24 heavy (non-hydrogen) atoms. The van der Waals surface area contributed by atoms with Gasteiger partial charge in [-0.05, 0) is 31.8 Å². The van der Waals surface area contributed by atoms with E-state index in [0.717, 1.165) is 40.6 Å². The van der Waals surface area contributed by atoms with Crippen molar-refractivity contribution in [1.82, 2.24) is 19.5 Å². The van der Waals surface area contributed by atoms with E-state index in [1.807, 2.05) is 35.0 Å². The fraction of sp³-hybridized carbons (Fsp3) is 0.333. The Kier molecular flexibility index (Phi) is 5.37. The second-order valence-electron chi connectivity index (χ2n) is 5.57. The number of nitrogens with zero attached hydrogens (tertiary/aromatic N) is 4. The van der Waals surface area contributed by atoms with Crippen LogP contribution in [-0.2, 0) is 6.42 Å². The van der Waals surface area contributed by atoms with Crippen molar-refractivity contribution < 1.29 is 4.74 Å². The van der Waals surface area contributed by atoms with Gasteiger partial charge in [0, 0.05) is 29.8 Å². The van der Waals surface area contributed by atoms with Crippen molar-refractivity contribution in [3.05, 3.63) is 48.3 Å². The van der Waals surface area contributed by atoms with Gasteiger partial charge in [-0.3, -0.25) is 0 Å². The normalized spacial score (nSPS) is 11.3. The van der Waals surface area contributed by atoms with Crippen LogP contribution in [0.4, 0.5) is 0 Å². The van der Waals surface area contributed by atoms with Gasteiger partial charge >= 0.3 is 0 Å². The Morgan fingerprint density at radius 2 is 2.00 bits per heavy atom. The summed E-state index contributed by atoms with van der Waals surface area (Å²) >= 11 is 1.63. The lowest BCUT2D eigenvalue weighted by atomic mass is 10.3. The minimum Gasteiger partial charge on any atom is -0.479 e. The zero-order valence-electron chi connectivity index (χ0n) is 14.3. The Balaban J connectivity index is 1.97. The lowest BCUT2D eigenvalue weighted by Crippen LogP contribution is -2.21. The van der Waals surface area contributed by atoms with E-state index in [9.17, 15) is 0 Å². The molecule has 126 valence electrons. The number of ether oxygens (including phenoxy) is 1. The molecule has 2 aromatic heterocycles. The number of aromatic nitrogens is 3. The summed E-state index contributed by atoms with van der Waals surface area (Å²) in [5, 5.41) is 4.62. The van der Waals surface area contributed by atoms with Gasteiger partial charge in [0.2, 0.25) is 5.88 Å². The standard InChI is InChI=1S/C18H22N4OS/c1-4-21(2)13-11-14-10-12-19-17-16(18(23-3)20-22(14)17)24-15-8-6-5-7-9-15/h5-10,12H,4,11,13H2,1-3H3. The predicted octanol–water partition coefficient (Wildman–Crippen LogP) is 3.38. The van der Waals surface area contributed by atoms with E-state index >= 15 is 0 Å². The molecule has 0 aliphatic heterocycles. The van der Waals surface area contributed by atoms with Gasteiger partial charge < -0.3 is 9.64 Å². The highest BCUT2D eigenvalue weighted by molar-refractivity contribution is 7.99. The smallest absolute Gasteiger partial charge is 0.249 e. The van der Waals surface area contributed by atoms with Crippen LogP contribution >= 0.6 is 11.8 Å². The minimum absolute atomic E-state index is 0.618. The van der Waals surface area contributed by atoms with Crippen molar-refractivity contribution in [2.75, 3.05) is 27.2 Å². The maximum absolute atomic E-state index is 5.50. The Hall–Kier alpha value is -2.05. The van der Waals surface area contributed by atoms with Crippen LogP contribution in [0, 0.1) is 0 Å². The van der Waals surface area contributed by atoms with Crippen molar-refractivity contribution in [3.8, 4) is 5.88 Å². The maximum Gasteiger partial charge on any atom is 0.249 e. The van der Waals surface area contributed by atoms with Crippen LogP contribution in [0.1, 0.15) is 12.6 Å². The summed E-state index contributed by atoms with van der Waals surface area (Å²) in [5.41, 5.74) is 1.98. The molecule has 3 aromatic rings. The zero-order valence-corrected chi connectivity index (χ0v) is 15.1. The fourth-order valence-corrected chi connectivity index (χ4v) is 3.41. The maximum atomic E-state index is 5.50. The molecule has 2 heterocycles. The number of fused-ring (bicyclic) bond motifs is 1. The topological polar surface area (TPSA) is 42.7 Å². The highest BCUT2D eigenvalue weighted by Gasteiger charge is 2.18. The first-order valence-electron chi connectivity index (χ1n) is 8.05.